The molecule has 0 aliphatic carbocycles. The number of anilines is 1. The normalized spacial score (nSPS) is 10.2. The molecule has 0 fully saturated rings. The largest absolute Gasteiger partial charge is 0.478 e. The predicted octanol–water partition coefficient (Wildman–Crippen LogP) is 2.94. The molecule has 0 atom stereocenters. The van der Waals surface area contributed by atoms with Crippen LogP contribution in [0, 0.1) is 6.92 Å². The van der Waals surface area contributed by atoms with Crippen LogP contribution in [0.15, 0.2) is 42.5 Å². The van der Waals surface area contributed by atoms with Crippen molar-refractivity contribution in [2.75, 3.05) is 5.73 Å². The van der Waals surface area contributed by atoms with Gasteiger partial charge in [-0.3, -0.25) is 0 Å². The van der Waals surface area contributed by atoms with Crippen LogP contribution in [0.3, 0.4) is 0 Å². The van der Waals surface area contributed by atoms with E-state index in [4.69, 9.17) is 10.8 Å². The maximum absolute atomic E-state index is 11.0. The van der Waals surface area contributed by atoms with Crippen molar-refractivity contribution in [3.05, 3.63) is 53.6 Å². The Morgan fingerprint density at radius 2 is 1.76 bits per heavy atom. The highest BCUT2D eigenvalue weighted by atomic mass is 16.4. The second-order valence-electron chi connectivity index (χ2n) is 3.94. The number of nitrogen functional groups attached to an aromatic ring is 1. The summed E-state index contributed by atoms with van der Waals surface area (Å²) in [6.07, 6.45) is 0. The molecular weight excluding hydrogens is 214 g/mol. The molecular formula is C14H13NO2. The molecule has 0 aliphatic rings. The predicted molar refractivity (Wildman–Crippen MR) is 68.0 cm³/mol. The molecule has 17 heavy (non-hydrogen) atoms. The second kappa shape index (κ2) is 4.29. The SMILES string of the molecule is Cc1ccc(-c2cccc(C(=O)O)c2N)cc1. The van der Waals surface area contributed by atoms with E-state index in [1.165, 1.54) is 6.07 Å². The summed E-state index contributed by atoms with van der Waals surface area (Å²) in [5.74, 6) is -1.00. The van der Waals surface area contributed by atoms with E-state index in [1.54, 1.807) is 6.07 Å². The molecule has 3 nitrogen and oxygen atoms in total. The topological polar surface area (TPSA) is 63.3 Å². The average molecular weight is 227 g/mol. The highest BCUT2D eigenvalue weighted by molar-refractivity contribution is 5.98. The zero-order valence-electron chi connectivity index (χ0n) is 9.47. The molecule has 0 aromatic heterocycles. The van der Waals surface area contributed by atoms with Crippen molar-refractivity contribution in [1.82, 2.24) is 0 Å². The van der Waals surface area contributed by atoms with Crippen LogP contribution in [-0.4, -0.2) is 11.1 Å². The van der Waals surface area contributed by atoms with Crippen molar-refractivity contribution in [3.8, 4) is 11.1 Å². The summed E-state index contributed by atoms with van der Waals surface area (Å²) in [4.78, 5) is 11.0. The van der Waals surface area contributed by atoms with Crippen molar-refractivity contribution in [3.63, 3.8) is 0 Å². The molecule has 86 valence electrons. The zero-order chi connectivity index (χ0) is 12.4. The fourth-order valence-corrected chi connectivity index (χ4v) is 1.74. The van der Waals surface area contributed by atoms with Crippen LogP contribution in [0.2, 0.25) is 0 Å². The molecule has 2 rings (SSSR count). The molecule has 0 aliphatic heterocycles. The van der Waals surface area contributed by atoms with Gasteiger partial charge in [-0.1, -0.05) is 42.0 Å². The zero-order valence-corrected chi connectivity index (χ0v) is 9.47. The Kier molecular flexibility index (Phi) is 2.83. The van der Waals surface area contributed by atoms with E-state index in [0.29, 0.717) is 5.69 Å². The highest BCUT2D eigenvalue weighted by Crippen LogP contribution is 2.28. The molecule has 2 aromatic carbocycles. The summed E-state index contributed by atoms with van der Waals surface area (Å²) < 4.78 is 0. The number of carboxylic acids is 1. The van der Waals surface area contributed by atoms with Gasteiger partial charge < -0.3 is 10.8 Å². The van der Waals surface area contributed by atoms with Gasteiger partial charge in [-0.2, -0.15) is 0 Å². The van der Waals surface area contributed by atoms with Gasteiger partial charge in [-0.25, -0.2) is 4.79 Å². The van der Waals surface area contributed by atoms with Gasteiger partial charge in [0.15, 0.2) is 0 Å². The summed E-state index contributed by atoms with van der Waals surface area (Å²) in [7, 11) is 0. The lowest BCUT2D eigenvalue weighted by Gasteiger charge is -2.08. The summed E-state index contributed by atoms with van der Waals surface area (Å²) in [6, 6.07) is 12.9. The Hall–Kier alpha value is -2.29. The van der Waals surface area contributed by atoms with Crippen LogP contribution in [0.1, 0.15) is 15.9 Å². The Morgan fingerprint density at radius 1 is 1.12 bits per heavy atom. The quantitative estimate of drug-likeness (QED) is 0.775. The lowest BCUT2D eigenvalue weighted by Crippen LogP contribution is -2.03. The van der Waals surface area contributed by atoms with E-state index in [-0.39, 0.29) is 5.56 Å². The lowest BCUT2D eigenvalue weighted by atomic mass is 9.99. The van der Waals surface area contributed by atoms with Crippen LogP contribution in [0.4, 0.5) is 5.69 Å². The number of benzene rings is 2. The van der Waals surface area contributed by atoms with Gasteiger partial charge in [-0.05, 0) is 18.6 Å². The molecule has 0 amide bonds. The van der Waals surface area contributed by atoms with Crippen molar-refractivity contribution in [1.29, 1.82) is 0 Å². The van der Waals surface area contributed by atoms with Crippen LogP contribution in [-0.2, 0) is 0 Å². The van der Waals surface area contributed by atoms with Crippen molar-refractivity contribution in [2.45, 2.75) is 6.92 Å². The molecule has 0 bridgehead atoms. The molecule has 0 saturated carbocycles. The van der Waals surface area contributed by atoms with Gasteiger partial charge in [0.05, 0.1) is 11.3 Å². The Morgan fingerprint density at radius 3 is 2.35 bits per heavy atom. The van der Waals surface area contributed by atoms with Gasteiger partial charge in [0.25, 0.3) is 0 Å². The molecule has 0 heterocycles. The number of carboxylic acid groups (broad SMARTS) is 1. The molecule has 0 unspecified atom stereocenters. The monoisotopic (exact) mass is 227 g/mol. The highest BCUT2D eigenvalue weighted by Gasteiger charge is 2.11. The summed E-state index contributed by atoms with van der Waals surface area (Å²) in [6.45, 7) is 2.00. The van der Waals surface area contributed by atoms with Crippen LogP contribution in [0.5, 0.6) is 0 Å². The number of para-hydroxylation sites is 1. The summed E-state index contributed by atoms with van der Waals surface area (Å²) in [5.41, 5.74) is 9.16. The lowest BCUT2D eigenvalue weighted by molar-refractivity contribution is 0.0698. The smallest absolute Gasteiger partial charge is 0.337 e. The summed E-state index contributed by atoms with van der Waals surface area (Å²) >= 11 is 0. The van der Waals surface area contributed by atoms with Crippen molar-refractivity contribution >= 4 is 11.7 Å². The fraction of sp³-hybridized carbons (Fsp3) is 0.0714. The number of carbonyl (C=O) groups is 1. The van der Waals surface area contributed by atoms with Crippen molar-refractivity contribution < 1.29 is 9.90 Å². The number of nitrogens with two attached hydrogens (primary N) is 1. The third-order valence-electron chi connectivity index (χ3n) is 2.70. The van der Waals surface area contributed by atoms with E-state index in [1.807, 2.05) is 37.3 Å². The van der Waals surface area contributed by atoms with E-state index in [0.717, 1.165) is 16.7 Å². The van der Waals surface area contributed by atoms with Gasteiger partial charge in [0.2, 0.25) is 0 Å². The number of hydrogen-bond donors (Lipinski definition) is 2. The minimum absolute atomic E-state index is 0.142. The van der Waals surface area contributed by atoms with Gasteiger partial charge in [0, 0.05) is 5.56 Å². The number of aromatic carboxylic acids is 1. The maximum Gasteiger partial charge on any atom is 0.337 e. The standard InChI is InChI=1S/C14H13NO2/c1-9-5-7-10(8-6-9)11-3-2-4-12(13(11)15)14(16)17/h2-8H,15H2,1H3,(H,16,17). The van der Waals surface area contributed by atoms with E-state index >= 15 is 0 Å². The van der Waals surface area contributed by atoms with Crippen LogP contribution < -0.4 is 5.73 Å². The van der Waals surface area contributed by atoms with Gasteiger partial charge in [-0.15, -0.1) is 0 Å². The first-order valence-electron chi connectivity index (χ1n) is 5.28. The molecule has 0 radical (unpaired) electrons. The molecule has 2 aromatic rings. The number of rotatable bonds is 2. The molecule has 0 saturated heterocycles. The Labute approximate surface area is 99.5 Å². The Balaban J connectivity index is 2.56. The Bertz CT molecular complexity index is 559. The minimum Gasteiger partial charge on any atom is -0.478 e. The first kappa shape index (κ1) is 11.2. The number of aryl methyl sites for hydroxylation is 1. The van der Waals surface area contributed by atoms with E-state index in [2.05, 4.69) is 0 Å². The first-order chi connectivity index (χ1) is 8.09. The summed E-state index contributed by atoms with van der Waals surface area (Å²) in [5, 5.41) is 9.00. The average Bonchev–Trinajstić information content (AvgIpc) is 2.30. The molecule has 3 heteroatoms. The molecule has 3 N–H and O–H groups in total. The van der Waals surface area contributed by atoms with Crippen molar-refractivity contribution in [2.24, 2.45) is 0 Å². The molecule has 0 spiro atoms. The van der Waals surface area contributed by atoms with Crippen LogP contribution in [0.25, 0.3) is 11.1 Å². The number of hydrogen-bond acceptors (Lipinski definition) is 2. The van der Waals surface area contributed by atoms with E-state index < -0.39 is 5.97 Å². The van der Waals surface area contributed by atoms with Gasteiger partial charge in [0.1, 0.15) is 0 Å². The maximum atomic E-state index is 11.0. The van der Waals surface area contributed by atoms with Crippen LogP contribution >= 0.6 is 0 Å². The third-order valence-corrected chi connectivity index (χ3v) is 2.70. The fourth-order valence-electron chi connectivity index (χ4n) is 1.74. The first-order valence-corrected chi connectivity index (χ1v) is 5.28. The second-order valence-corrected chi connectivity index (χ2v) is 3.94. The van der Waals surface area contributed by atoms with E-state index in [9.17, 15) is 4.79 Å². The van der Waals surface area contributed by atoms with Gasteiger partial charge >= 0.3 is 5.97 Å². The minimum atomic E-state index is -1.00. The third kappa shape index (κ3) is 2.13.